The Bertz CT molecular complexity index is 1120. The maximum atomic E-state index is 13.1. The van der Waals surface area contributed by atoms with Crippen molar-refractivity contribution in [2.45, 2.75) is 26.3 Å². The maximum Gasteiger partial charge on any atom is 0.325 e. The van der Waals surface area contributed by atoms with Gasteiger partial charge in [-0.25, -0.2) is 4.79 Å². The van der Waals surface area contributed by atoms with E-state index in [1.54, 1.807) is 41.3 Å². The molecule has 1 saturated heterocycles. The number of urea groups is 1. The topological polar surface area (TPSA) is 98.8 Å². The Morgan fingerprint density at radius 2 is 1.79 bits per heavy atom. The van der Waals surface area contributed by atoms with Crippen LogP contribution >= 0.6 is 23.2 Å². The molecule has 174 valence electrons. The zero-order chi connectivity index (χ0) is 24.3. The van der Waals surface area contributed by atoms with Gasteiger partial charge in [0.2, 0.25) is 5.91 Å². The normalized spacial score (nSPS) is 17.7. The number of nitrogens with one attached hydrogen (secondary N) is 2. The molecule has 1 fully saturated rings. The van der Waals surface area contributed by atoms with Gasteiger partial charge in [0.25, 0.3) is 11.8 Å². The third-order valence-corrected chi connectivity index (χ3v) is 6.04. The minimum atomic E-state index is -1.44. The van der Waals surface area contributed by atoms with Crippen molar-refractivity contribution in [3.05, 3.63) is 63.6 Å². The van der Waals surface area contributed by atoms with Crippen LogP contribution in [0.3, 0.4) is 0 Å². The van der Waals surface area contributed by atoms with Crippen molar-refractivity contribution in [3.63, 3.8) is 0 Å². The molecule has 0 aliphatic carbocycles. The molecule has 1 heterocycles. The van der Waals surface area contributed by atoms with E-state index in [0.717, 1.165) is 4.90 Å². The second-order valence-corrected chi connectivity index (χ2v) is 8.52. The highest BCUT2D eigenvalue weighted by Gasteiger charge is 2.50. The molecule has 1 aliphatic heterocycles. The lowest BCUT2D eigenvalue weighted by Gasteiger charge is -2.23. The maximum absolute atomic E-state index is 13.1. The first-order chi connectivity index (χ1) is 15.6. The molecule has 2 N–H and O–H groups in total. The number of benzene rings is 2. The van der Waals surface area contributed by atoms with Gasteiger partial charge < -0.3 is 15.5 Å². The van der Waals surface area contributed by atoms with E-state index in [1.165, 1.54) is 13.0 Å². The summed E-state index contributed by atoms with van der Waals surface area (Å²) in [5, 5.41) is 5.86. The number of anilines is 1. The van der Waals surface area contributed by atoms with E-state index in [4.69, 9.17) is 23.2 Å². The van der Waals surface area contributed by atoms with Crippen LogP contribution in [0.5, 0.6) is 0 Å². The third kappa shape index (κ3) is 4.96. The summed E-state index contributed by atoms with van der Waals surface area (Å²) in [5.41, 5.74) is -0.253. The van der Waals surface area contributed by atoms with E-state index in [9.17, 15) is 19.2 Å². The van der Waals surface area contributed by atoms with Crippen LogP contribution in [0.15, 0.2) is 42.5 Å². The summed E-state index contributed by atoms with van der Waals surface area (Å²) in [6.45, 7) is 5.91. The number of hydrogen-bond acceptors (Lipinski definition) is 4. The van der Waals surface area contributed by atoms with Crippen LogP contribution < -0.4 is 10.6 Å². The molecular formula is C23H24Cl2N4O4. The van der Waals surface area contributed by atoms with Crippen molar-refractivity contribution < 1.29 is 19.2 Å². The van der Waals surface area contributed by atoms with Gasteiger partial charge in [0.1, 0.15) is 12.1 Å². The zero-order valence-corrected chi connectivity index (χ0v) is 20.0. The quantitative estimate of drug-likeness (QED) is 0.575. The van der Waals surface area contributed by atoms with Crippen molar-refractivity contribution in [1.29, 1.82) is 0 Å². The van der Waals surface area contributed by atoms with Crippen LogP contribution in [-0.4, -0.2) is 53.2 Å². The predicted octanol–water partition coefficient (Wildman–Crippen LogP) is 3.88. The zero-order valence-electron chi connectivity index (χ0n) is 18.4. The Morgan fingerprint density at radius 1 is 1.09 bits per heavy atom. The SMILES string of the molecule is CCN(CC)C(=O)c1cccc(NC(=O)CN2C(=O)NC(C)(c3ccc(Cl)cc3Cl)C2=O)c1. The average Bonchev–Trinajstić information content (AvgIpc) is 2.98. The standard InChI is InChI=1S/C23H24Cl2N4O4/c1-4-28(5-2)20(31)14-7-6-8-16(11-14)26-19(30)13-29-21(32)23(3,27-22(29)33)17-10-9-15(24)12-18(17)25/h6-12H,4-5,13H2,1-3H3,(H,26,30)(H,27,33). The summed E-state index contributed by atoms with van der Waals surface area (Å²) >= 11 is 12.2. The fraction of sp³-hybridized carbons (Fsp3) is 0.304. The number of carbonyl (C=O) groups excluding carboxylic acids is 4. The number of nitrogens with zero attached hydrogens (tertiary/aromatic N) is 2. The number of halogens is 2. The van der Waals surface area contributed by atoms with Crippen LogP contribution in [0.2, 0.25) is 10.0 Å². The minimum absolute atomic E-state index is 0.152. The van der Waals surface area contributed by atoms with Gasteiger partial charge in [0.05, 0.1) is 0 Å². The van der Waals surface area contributed by atoms with E-state index in [1.807, 2.05) is 13.8 Å². The lowest BCUT2D eigenvalue weighted by molar-refractivity contribution is -0.133. The summed E-state index contributed by atoms with van der Waals surface area (Å²) in [4.78, 5) is 53.3. The lowest BCUT2D eigenvalue weighted by atomic mass is 9.92. The van der Waals surface area contributed by atoms with Crippen molar-refractivity contribution in [2.75, 3.05) is 25.0 Å². The van der Waals surface area contributed by atoms with Crippen molar-refractivity contribution in [3.8, 4) is 0 Å². The molecule has 0 saturated carbocycles. The molecule has 1 aliphatic rings. The van der Waals surface area contributed by atoms with Gasteiger partial charge in [-0.15, -0.1) is 0 Å². The Labute approximate surface area is 201 Å². The first kappa shape index (κ1) is 24.5. The van der Waals surface area contributed by atoms with E-state index < -0.39 is 29.9 Å². The summed E-state index contributed by atoms with van der Waals surface area (Å²) < 4.78 is 0. The number of carbonyl (C=O) groups is 4. The number of amides is 5. The smallest absolute Gasteiger partial charge is 0.325 e. The Balaban J connectivity index is 1.73. The first-order valence-corrected chi connectivity index (χ1v) is 11.1. The second kappa shape index (κ2) is 9.80. The highest BCUT2D eigenvalue weighted by atomic mass is 35.5. The van der Waals surface area contributed by atoms with Gasteiger partial charge >= 0.3 is 6.03 Å². The van der Waals surface area contributed by atoms with E-state index in [2.05, 4.69) is 10.6 Å². The average molecular weight is 491 g/mol. The molecule has 10 heteroatoms. The fourth-order valence-corrected chi connectivity index (χ4v) is 4.28. The van der Waals surface area contributed by atoms with Crippen LogP contribution in [0.25, 0.3) is 0 Å². The molecule has 1 unspecified atom stereocenters. The van der Waals surface area contributed by atoms with Gasteiger partial charge in [0.15, 0.2) is 0 Å². The Kier molecular flexibility index (Phi) is 7.29. The number of imide groups is 1. The van der Waals surface area contributed by atoms with Gasteiger partial charge in [-0.2, -0.15) is 0 Å². The molecular weight excluding hydrogens is 467 g/mol. The molecule has 1 atom stereocenters. The molecule has 8 nitrogen and oxygen atoms in total. The highest BCUT2D eigenvalue weighted by molar-refractivity contribution is 6.35. The fourth-order valence-electron chi connectivity index (χ4n) is 3.69. The van der Waals surface area contributed by atoms with Gasteiger partial charge in [-0.05, 0) is 51.1 Å². The van der Waals surface area contributed by atoms with Crippen molar-refractivity contribution in [2.24, 2.45) is 0 Å². The molecule has 33 heavy (non-hydrogen) atoms. The Hall–Kier alpha value is -3.10. The van der Waals surface area contributed by atoms with Crippen LogP contribution in [0.1, 0.15) is 36.7 Å². The predicted molar refractivity (Wildman–Crippen MR) is 126 cm³/mol. The van der Waals surface area contributed by atoms with E-state index in [-0.39, 0.29) is 10.9 Å². The molecule has 0 radical (unpaired) electrons. The third-order valence-electron chi connectivity index (χ3n) is 5.49. The van der Waals surface area contributed by atoms with Crippen LogP contribution in [0.4, 0.5) is 10.5 Å². The van der Waals surface area contributed by atoms with Gasteiger partial charge in [-0.3, -0.25) is 19.3 Å². The summed E-state index contributed by atoms with van der Waals surface area (Å²) in [5.74, 6) is -1.35. The van der Waals surface area contributed by atoms with Crippen LogP contribution in [-0.2, 0) is 15.1 Å². The molecule has 0 bridgehead atoms. The van der Waals surface area contributed by atoms with E-state index >= 15 is 0 Å². The highest BCUT2D eigenvalue weighted by Crippen LogP contribution is 2.34. The molecule has 2 aromatic rings. The van der Waals surface area contributed by atoms with Gasteiger partial charge in [0, 0.05) is 39.9 Å². The monoisotopic (exact) mass is 490 g/mol. The lowest BCUT2D eigenvalue weighted by Crippen LogP contribution is -2.42. The molecule has 5 amide bonds. The van der Waals surface area contributed by atoms with Gasteiger partial charge in [-0.1, -0.05) is 35.3 Å². The number of hydrogen-bond donors (Lipinski definition) is 2. The van der Waals surface area contributed by atoms with Crippen molar-refractivity contribution in [1.82, 2.24) is 15.1 Å². The van der Waals surface area contributed by atoms with Crippen LogP contribution in [0, 0.1) is 0 Å². The van der Waals surface area contributed by atoms with Crippen molar-refractivity contribution >= 4 is 52.6 Å². The van der Waals surface area contributed by atoms with E-state index in [0.29, 0.717) is 34.9 Å². The largest absolute Gasteiger partial charge is 0.339 e. The second-order valence-electron chi connectivity index (χ2n) is 7.68. The molecule has 0 spiro atoms. The molecule has 0 aromatic heterocycles. The first-order valence-electron chi connectivity index (χ1n) is 10.4. The Morgan fingerprint density at radius 3 is 2.42 bits per heavy atom. The molecule has 2 aromatic carbocycles. The molecule has 3 rings (SSSR count). The summed E-state index contributed by atoms with van der Waals surface area (Å²) in [7, 11) is 0. The summed E-state index contributed by atoms with van der Waals surface area (Å²) in [6.07, 6.45) is 0. The minimum Gasteiger partial charge on any atom is -0.339 e. The summed E-state index contributed by atoms with van der Waals surface area (Å²) in [6, 6.07) is 10.4. The number of rotatable bonds is 7.